The van der Waals surface area contributed by atoms with Crippen molar-refractivity contribution >= 4 is 28.3 Å². The summed E-state index contributed by atoms with van der Waals surface area (Å²) in [6, 6.07) is 9.28. The minimum Gasteiger partial charge on any atom is -0.496 e. The van der Waals surface area contributed by atoms with Crippen LogP contribution in [0.5, 0.6) is 5.75 Å². The maximum absolute atomic E-state index is 12.7. The summed E-state index contributed by atoms with van der Waals surface area (Å²) in [4.78, 5) is 31.4. The van der Waals surface area contributed by atoms with Gasteiger partial charge in [-0.3, -0.25) is 9.59 Å². The number of hydrogen-bond donors (Lipinski definition) is 1. The van der Waals surface area contributed by atoms with Gasteiger partial charge in [0.2, 0.25) is 5.91 Å². The Bertz CT molecular complexity index is 1040. The summed E-state index contributed by atoms with van der Waals surface area (Å²) in [5, 5.41) is 5.41. The monoisotopic (exact) mass is 425 g/mol. The zero-order valence-corrected chi connectivity index (χ0v) is 17.7. The number of aryl methyl sites for hydroxylation is 1. The van der Waals surface area contributed by atoms with Crippen molar-refractivity contribution in [3.63, 3.8) is 0 Å². The number of anilines is 1. The minimum absolute atomic E-state index is 0.0581. The standard InChI is InChI=1S/C22H23N3O4S/c1-14-5-6-18(28-2)16(12-14)17-13-30-22(23-17)24-20(26)15-7-9-25(10-8-15)21(27)19-4-3-11-29-19/h3-6,11-13,15H,7-10H2,1-2H3,(H,23,24,26). The molecule has 2 aromatic heterocycles. The van der Waals surface area contributed by atoms with Crippen LogP contribution in [0.3, 0.4) is 0 Å². The normalized spacial score (nSPS) is 14.5. The molecule has 1 aromatic carbocycles. The quantitative estimate of drug-likeness (QED) is 0.662. The van der Waals surface area contributed by atoms with E-state index in [1.807, 2.05) is 30.5 Å². The third-order valence-corrected chi connectivity index (χ3v) is 6.01. The van der Waals surface area contributed by atoms with Gasteiger partial charge >= 0.3 is 0 Å². The molecule has 0 unspecified atom stereocenters. The third-order valence-electron chi connectivity index (χ3n) is 5.25. The lowest BCUT2D eigenvalue weighted by Crippen LogP contribution is -2.41. The van der Waals surface area contributed by atoms with Gasteiger partial charge in [-0.25, -0.2) is 4.98 Å². The maximum atomic E-state index is 12.7. The zero-order valence-electron chi connectivity index (χ0n) is 16.9. The predicted molar refractivity (Wildman–Crippen MR) is 115 cm³/mol. The summed E-state index contributed by atoms with van der Waals surface area (Å²) in [5.41, 5.74) is 2.79. The molecule has 0 spiro atoms. The molecule has 0 atom stereocenters. The Hall–Kier alpha value is -3.13. The molecule has 0 aliphatic carbocycles. The van der Waals surface area contributed by atoms with Crippen molar-refractivity contribution in [1.29, 1.82) is 0 Å². The summed E-state index contributed by atoms with van der Waals surface area (Å²) in [5.74, 6) is 0.747. The van der Waals surface area contributed by atoms with Crippen LogP contribution in [-0.4, -0.2) is 41.9 Å². The van der Waals surface area contributed by atoms with Gasteiger partial charge in [0.25, 0.3) is 5.91 Å². The minimum atomic E-state index is -0.147. The van der Waals surface area contributed by atoms with Crippen LogP contribution >= 0.6 is 11.3 Å². The largest absolute Gasteiger partial charge is 0.496 e. The highest BCUT2D eigenvalue weighted by Gasteiger charge is 2.29. The number of carbonyl (C=O) groups is 2. The van der Waals surface area contributed by atoms with Crippen LogP contribution in [-0.2, 0) is 4.79 Å². The number of ether oxygens (including phenoxy) is 1. The molecule has 30 heavy (non-hydrogen) atoms. The van der Waals surface area contributed by atoms with E-state index in [0.29, 0.717) is 36.8 Å². The summed E-state index contributed by atoms with van der Waals surface area (Å²) in [6.07, 6.45) is 2.71. The van der Waals surface area contributed by atoms with Crippen LogP contribution in [0, 0.1) is 12.8 Å². The molecule has 1 N–H and O–H groups in total. The number of piperidine rings is 1. The fourth-order valence-corrected chi connectivity index (χ4v) is 4.30. The number of nitrogens with one attached hydrogen (secondary N) is 1. The van der Waals surface area contributed by atoms with Gasteiger partial charge in [0.05, 0.1) is 19.1 Å². The number of furan rings is 1. The number of amides is 2. The molecule has 7 nitrogen and oxygen atoms in total. The zero-order chi connectivity index (χ0) is 21.1. The summed E-state index contributed by atoms with van der Waals surface area (Å²) < 4.78 is 10.6. The number of methoxy groups -OCH3 is 1. The average Bonchev–Trinajstić information content (AvgIpc) is 3.46. The Morgan fingerprint density at radius 1 is 1.27 bits per heavy atom. The fraction of sp³-hybridized carbons (Fsp3) is 0.318. The average molecular weight is 426 g/mol. The highest BCUT2D eigenvalue weighted by molar-refractivity contribution is 7.14. The Balaban J connectivity index is 1.37. The van der Waals surface area contributed by atoms with E-state index < -0.39 is 0 Å². The second-order valence-electron chi connectivity index (χ2n) is 7.27. The smallest absolute Gasteiger partial charge is 0.289 e. The van der Waals surface area contributed by atoms with Gasteiger partial charge in [0.15, 0.2) is 10.9 Å². The number of likely N-dealkylation sites (tertiary alicyclic amines) is 1. The van der Waals surface area contributed by atoms with Crippen molar-refractivity contribution in [2.45, 2.75) is 19.8 Å². The number of carbonyl (C=O) groups excluding carboxylic acids is 2. The van der Waals surface area contributed by atoms with Crippen LogP contribution in [0.25, 0.3) is 11.3 Å². The van der Waals surface area contributed by atoms with Crippen molar-refractivity contribution in [2.24, 2.45) is 5.92 Å². The summed E-state index contributed by atoms with van der Waals surface area (Å²) >= 11 is 1.39. The lowest BCUT2D eigenvalue weighted by atomic mass is 9.96. The van der Waals surface area contributed by atoms with Gasteiger partial charge in [-0.05, 0) is 44.0 Å². The van der Waals surface area contributed by atoms with Gasteiger partial charge in [-0.1, -0.05) is 11.6 Å². The topological polar surface area (TPSA) is 84.7 Å². The van der Waals surface area contributed by atoms with Gasteiger partial charge in [0.1, 0.15) is 5.75 Å². The number of aromatic nitrogens is 1. The molecular formula is C22H23N3O4S. The SMILES string of the molecule is COc1ccc(C)cc1-c1csc(NC(=O)C2CCN(C(=O)c3ccco3)CC2)n1. The molecule has 8 heteroatoms. The van der Waals surface area contributed by atoms with Gasteiger partial charge < -0.3 is 19.4 Å². The Morgan fingerprint density at radius 3 is 2.77 bits per heavy atom. The highest BCUT2D eigenvalue weighted by Crippen LogP contribution is 2.33. The molecule has 3 heterocycles. The summed E-state index contributed by atoms with van der Waals surface area (Å²) in [7, 11) is 1.63. The van der Waals surface area contributed by atoms with E-state index in [4.69, 9.17) is 9.15 Å². The first-order chi connectivity index (χ1) is 14.5. The molecule has 156 valence electrons. The van der Waals surface area contributed by atoms with Crippen LogP contribution in [0.4, 0.5) is 5.13 Å². The molecule has 1 saturated heterocycles. The van der Waals surface area contributed by atoms with E-state index in [9.17, 15) is 9.59 Å². The molecule has 1 aliphatic rings. The van der Waals surface area contributed by atoms with E-state index in [1.165, 1.54) is 17.6 Å². The van der Waals surface area contributed by atoms with Gasteiger partial charge in [-0.2, -0.15) is 0 Å². The molecule has 1 aliphatic heterocycles. The van der Waals surface area contributed by atoms with Crippen molar-refractivity contribution in [3.05, 3.63) is 53.3 Å². The second kappa shape index (κ2) is 8.71. The Kier molecular flexibility index (Phi) is 5.85. The highest BCUT2D eigenvalue weighted by atomic mass is 32.1. The van der Waals surface area contributed by atoms with E-state index in [0.717, 1.165) is 22.6 Å². The predicted octanol–water partition coefficient (Wildman–Crippen LogP) is 4.21. The van der Waals surface area contributed by atoms with Crippen molar-refractivity contribution < 1.29 is 18.7 Å². The molecule has 3 aromatic rings. The van der Waals surface area contributed by atoms with Crippen LogP contribution in [0.15, 0.2) is 46.4 Å². The van der Waals surface area contributed by atoms with E-state index >= 15 is 0 Å². The first kappa shape index (κ1) is 20.2. The van der Waals surface area contributed by atoms with E-state index in [1.54, 1.807) is 24.1 Å². The van der Waals surface area contributed by atoms with Crippen LogP contribution < -0.4 is 10.1 Å². The molecule has 4 rings (SSSR count). The first-order valence-electron chi connectivity index (χ1n) is 9.79. The third kappa shape index (κ3) is 4.23. The molecule has 0 radical (unpaired) electrons. The number of rotatable bonds is 5. The lowest BCUT2D eigenvalue weighted by molar-refractivity contribution is -0.121. The van der Waals surface area contributed by atoms with Gasteiger partial charge in [0, 0.05) is 30.0 Å². The molecule has 2 amide bonds. The number of benzene rings is 1. The number of thiazole rings is 1. The van der Waals surface area contributed by atoms with Crippen LogP contribution in [0.2, 0.25) is 0 Å². The van der Waals surface area contributed by atoms with Crippen molar-refractivity contribution in [3.8, 4) is 17.0 Å². The number of hydrogen-bond acceptors (Lipinski definition) is 6. The fourth-order valence-electron chi connectivity index (χ4n) is 3.59. The Morgan fingerprint density at radius 2 is 2.07 bits per heavy atom. The van der Waals surface area contributed by atoms with Crippen molar-refractivity contribution in [2.75, 3.05) is 25.5 Å². The van der Waals surface area contributed by atoms with Crippen molar-refractivity contribution in [1.82, 2.24) is 9.88 Å². The van der Waals surface area contributed by atoms with E-state index in [2.05, 4.69) is 10.3 Å². The first-order valence-corrected chi connectivity index (χ1v) is 10.7. The number of nitrogens with zero attached hydrogens (tertiary/aromatic N) is 2. The molecule has 0 saturated carbocycles. The molecule has 1 fully saturated rings. The van der Waals surface area contributed by atoms with Crippen LogP contribution in [0.1, 0.15) is 29.0 Å². The maximum Gasteiger partial charge on any atom is 0.289 e. The van der Waals surface area contributed by atoms with Gasteiger partial charge in [-0.15, -0.1) is 11.3 Å². The summed E-state index contributed by atoms with van der Waals surface area (Å²) in [6.45, 7) is 3.07. The van der Waals surface area contributed by atoms with E-state index in [-0.39, 0.29) is 17.7 Å². The lowest BCUT2D eigenvalue weighted by Gasteiger charge is -2.30. The Labute approximate surface area is 178 Å². The second-order valence-corrected chi connectivity index (χ2v) is 8.13. The molecular weight excluding hydrogens is 402 g/mol. The molecule has 0 bridgehead atoms.